The second kappa shape index (κ2) is 5.45. The Balaban J connectivity index is 1.64. The van der Waals surface area contributed by atoms with Crippen LogP contribution in [0.5, 0.6) is 0 Å². The zero-order chi connectivity index (χ0) is 13.9. The van der Waals surface area contributed by atoms with E-state index in [0.717, 1.165) is 18.8 Å². The molecule has 5 nitrogen and oxygen atoms in total. The van der Waals surface area contributed by atoms with E-state index in [2.05, 4.69) is 33.7 Å². The van der Waals surface area contributed by atoms with Crippen LogP contribution in [0.1, 0.15) is 30.8 Å². The van der Waals surface area contributed by atoms with Crippen LogP contribution in [0.4, 0.5) is 0 Å². The Hall–Kier alpha value is -2.17. The summed E-state index contributed by atoms with van der Waals surface area (Å²) in [7, 11) is 0. The minimum absolute atomic E-state index is 0.150. The number of nitrogens with zero attached hydrogens (tertiary/aromatic N) is 4. The second-order valence-corrected chi connectivity index (χ2v) is 5.09. The zero-order valence-electron chi connectivity index (χ0n) is 11.6. The summed E-state index contributed by atoms with van der Waals surface area (Å²) < 4.78 is 2.22. The standard InChI is InChI=1S/C15H18N4O/c1-12-14-3-2-8-18(14)9-10-19(12)15(20)5-4-13-6-7-16-11-17-13/h2-3,6-8,11-12H,4-5,9-10H2,1H3/t12-/m1/s1. The van der Waals surface area contributed by atoms with Gasteiger partial charge in [0.05, 0.1) is 6.04 Å². The summed E-state index contributed by atoms with van der Waals surface area (Å²) in [6.45, 7) is 3.75. The molecule has 0 aromatic carbocycles. The maximum Gasteiger partial charge on any atom is 0.223 e. The van der Waals surface area contributed by atoms with E-state index in [-0.39, 0.29) is 11.9 Å². The van der Waals surface area contributed by atoms with Crippen molar-refractivity contribution in [2.24, 2.45) is 0 Å². The quantitative estimate of drug-likeness (QED) is 0.854. The smallest absolute Gasteiger partial charge is 0.223 e. The van der Waals surface area contributed by atoms with Gasteiger partial charge in [-0.15, -0.1) is 0 Å². The maximum absolute atomic E-state index is 12.4. The fourth-order valence-electron chi connectivity index (χ4n) is 2.76. The van der Waals surface area contributed by atoms with Crippen LogP contribution < -0.4 is 0 Å². The van der Waals surface area contributed by atoms with Crippen molar-refractivity contribution < 1.29 is 4.79 Å². The van der Waals surface area contributed by atoms with Crippen LogP contribution in [0, 0.1) is 0 Å². The van der Waals surface area contributed by atoms with E-state index in [1.165, 1.54) is 12.0 Å². The largest absolute Gasteiger partial charge is 0.348 e. The first-order valence-electron chi connectivity index (χ1n) is 6.95. The van der Waals surface area contributed by atoms with Crippen LogP contribution in [0.15, 0.2) is 36.9 Å². The first-order chi connectivity index (χ1) is 9.75. The van der Waals surface area contributed by atoms with Gasteiger partial charge >= 0.3 is 0 Å². The molecule has 1 aliphatic rings. The minimum Gasteiger partial charge on any atom is -0.348 e. The molecule has 0 bridgehead atoms. The highest BCUT2D eigenvalue weighted by Crippen LogP contribution is 2.25. The molecule has 0 saturated carbocycles. The van der Waals surface area contributed by atoms with Gasteiger partial charge in [0, 0.05) is 43.3 Å². The highest BCUT2D eigenvalue weighted by Gasteiger charge is 2.26. The number of aromatic nitrogens is 3. The molecule has 2 aromatic heterocycles. The first kappa shape index (κ1) is 12.8. The Labute approximate surface area is 118 Å². The number of carbonyl (C=O) groups is 1. The van der Waals surface area contributed by atoms with Crippen LogP contribution in [0.2, 0.25) is 0 Å². The number of aryl methyl sites for hydroxylation is 1. The fourth-order valence-corrected chi connectivity index (χ4v) is 2.76. The number of hydrogen-bond donors (Lipinski definition) is 0. The third-order valence-electron chi connectivity index (χ3n) is 3.90. The Morgan fingerprint density at radius 3 is 3.10 bits per heavy atom. The van der Waals surface area contributed by atoms with Gasteiger partial charge in [-0.1, -0.05) is 0 Å². The van der Waals surface area contributed by atoms with Gasteiger partial charge in [-0.05, 0) is 31.5 Å². The van der Waals surface area contributed by atoms with Crippen molar-refractivity contribution in [2.45, 2.75) is 32.4 Å². The second-order valence-electron chi connectivity index (χ2n) is 5.09. The minimum atomic E-state index is 0.150. The van der Waals surface area contributed by atoms with Gasteiger partial charge < -0.3 is 9.47 Å². The summed E-state index contributed by atoms with van der Waals surface area (Å²) in [5.41, 5.74) is 2.13. The lowest BCUT2D eigenvalue weighted by Gasteiger charge is -2.35. The average molecular weight is 270 g/mol. The number of hydrogen-bond acceptors (Lipinski definition) is 3. The van der Waals surface area contributed by atoms with Gasteiger partial charge in [0.2, 0.25) is 5.91 Å². The summed E-state index contributed by atoms with van der Waals surface area (Å²) in [5.74, 6) is 0.198. The van der Waals surface area contributed by atoms with Crippen molar-refractivity contribution >= 4 is 5.91 Å². The topological polar surface area (TPSA) is 51.0 Å². The van der Waals surface area contributed by atoms with E-state index >= 15 is 0 Å². The molecular weight excluding hydrogens is 252 g/mol. The lowest BCUT2D eigenvalue weighted by atomic mass is 10.1. The van der Waals surface area contributed by atoms with E-state index in [9.17, 15) is 4.79 Å². The van der Waals surface area contributed by atoms with Crippen molar-refractivity contribution in [1.82, 2.24) is 19.4 Å². The number of amides is 1. The SMILES string of the molecule is C[C@@H]1c2cccn2CCN1C(=O)CCc1ccncn1. The molecule has 0 radical (unpaired) electrons. The summed E-state index contributed by atoms with van der Waals surface area (Å²) >= 11 is 0. The van der Waals surface area contributed by atoms with E-state index < -0.39 is 0 Å². The zero-order valence-corrected chi connectivity index (χ0v) is 11.6. The van der Waals surface area contributed by atoms with Gasteiger partial charge in [0.15, 0.2) is 0 Å². The van der Waals surface area contributed by atoms with Crippen LogP contribution >= 0.6 is 0 Å². The predicted octanol–water partition coefficient (Wildman–Crippen LogP) is 1.81. The molecule has 0 aliphatic carbocycles. The molecule has 0 saturated heterocycles. The van der Waals surface area contributed by atoms with E-state index in [4.69, 9.17) is 0 Å². The van der Waals surface area contributed by atoms with Gasteiger partial charge in [-0.3, -0.25) is 4.79 Å². The average Bonchev–Trinajstić information content (AvgIpc) is 2.96. The fraction of sp³-hybridized carbons (Fsp3) is 0.400. The van der Waals surface area contributed by atoms with Gasteiger partial charge in [0.25, 0.3) is 0 Å². The Morgan fingerprint density at radius 1 is 1.40 bits per heavy atom. The Morgan fingerprint density at radius 2 is 2.30 bits per heavy atom. The monoisotopic (exact) mass is 270 g/mol. The van der Waals surface area contributed by atoms with Crippen LogP contribution in [-0.4, -0.2) is 31.9 Å². The van der Waals surface area contributed by atoms with E-state index in [1.54, 1.807) is 6.20 Å². The van der Waals surface area contributed by atoms with Crippen LogP contribution in [0.3, 0.4) is 0 Å². The van der Waals surface area contributed by atoms with E-state index in [0.29, 0.717) is 12.8 Å². The molecular formula is C15H18N4O. The van der Waals surface area contributed by atoms with Crippen LogP contribution in [0.25, 0.3) is 0 Å². The summed E-state index contributed by atoms with van der Waals surface area (Å²) in [6, 6.07) is 6.14. The normalized spacial score (nSPS) is 17.9. The van der Waals surface area contributed by atoms with E-state index in [1.807, 2.05) is 17.0 Å². The number of carbonyl (C=O) groups excluding carboxylic acids is 1. The molecule has 3 rings (SSSR count). The molecule has 1 atom stereocenters. The Bertz CT molecular complexity index is 593. The predicted molar refractivity (Wildman–Crippen MR) is 74.9 cm³/mol. The van der Waals surface area contributed by atoms with Crippen LogP contribution in [-0.2, 0) is 17.8 Å². The van der Waals surface area contributed by atoms with Crippen molar-refractivity contribution in [3.63, 3.8) is 0 Å². The van der Waals surface area contributed by atoms with Crippen molar-refractivity contribution in [1.29, 1.82) is 0 Å². The molecule has 1 amide bonds. The third-order valence-corrected chi connectivity index (χ3v) is 3.90. The molecule has 3 heterocycles. The highest BCUT2D eigenvalue weighted by atomic mass is 16.2. The molecule has 0 spiro atoms. The van der Waals surface area contributed by atoms with Gasteiger partial charge in [-0.25, -0.2) is 9.97 Å². The summed E-state index contributed by atoms with van der Waals surface area (Å²) in [4.78, 5) is 22.4. The van der Waals surface area contributed by atoms with Gasteiger partial charge in [0.1, 0.15) is 6.33 Å². The maximum atomic E-state index is 12.4. The molecule has 0 unspecified atom stereocenters. The number of fused-ring (bicyclic) bond motifs is 1. The molecule has 1 aliphatic heterocycles. The lowest BCUT2D eigenvalue weighted by molar-refractivity contribution is -0.134. The summed E-state index contributed by atoms with van der Waals surface area (Å²) in [6.07, 6.45) is 6.49. The first-order valence-corrected chi connectivity index (χ1v) is 6.95. The molecule has 5 heteroatoms. The molecule has 20 heavy (non-hydrogen) atoms. The van der Waals surface area contributed by atoms with Crippen molar-refractivity contribution in [3.8, 4) is 0 Å². The van der Waals surface area contributed by atoms with Crippen molar-refractivity contribution in [2.75, 3.05) is 6.54 Å². The molecule has 104 valence electrons. The lowest BCUT2D eigenvalue weighted by Crippen LogP contribution is -2.40. The summed E-state index contributed by atoms with van der Waals surface area (Å²) in [5, 5.41) is 0. The molecule has 2 aromatic rings. The number of rotatable bonds is 3. The molecule has 0 N–H and O–H groups in total. The van der Waals surface area contributed by atoms with Crippen molar-refractivity contribution in [3.05, 3.63) is 48.3 Å². The Kier molecular flexibility index (Phi) is 3.50. The third kappa shape index (κ3) is 2.43. The molecule has 0 fully saturated rings. The van der Waals surface area contributed by atoms with Gasteiger partial charge in [-0.2, -0.15) is 0 Å². The highest BCUT2D eigenvalue weighted by molar-refractivity contribution is 5.77.